The largest absolute Gasteiger partial charge is 0.508 e. The first-order valence-corrected chi connectivity index (χ1v) is 28.7. The normalized spacial score (nSPS) is 16.2. The number of phenols is 1. The molecule has 0 saturated carbocycles. The average Bonchev–Trinajstić information content (AvgIpc) is 4.49. The molecule has 3 heterocycles. The van der Waals surface area contributed by atoms with E-state index in [0.29, 0.717) is 41.8 Å². The van der Waals surface area contributed by atoms with Gasteiger partial charge in [-0.1, -0.05) is 90.4 Å². The molecule has 27 nitrogen and oxygen atoms in total. The van der Waals surface area contributed by atoms with Crippen LogP contribution in [0.5, 0.6) is 5.75 Å². The number of nitrogens with one attached hydrogen (secondary N) is 9. The van der Waals surface area contributed by atoms with Crippen molar-refractivity contribution in [1.82, 2.24) is 62.1 Å². The van der Waals surface area contributed by atoms with E-state index in [-0.39, 0.29) is 75.7 Å². The van der Waals surface area contributed by atoms with Crippen LogP contribution in [0, 0.1) is 17.8 Å². The van der Waals surface area contributed by atoms with Crippen molar-refractivity contribution in [1.29, 1.82) is 0 Å². The van der Waals surface area contributed by atoms with Gasteiger partial charge in [-0.15, -0.1) is 0 Å². The number of carboxylic acids is 1. The van der Waals surface area contributed by atoms with E-state index < -0.39 is 119 Å². The molecule has 85 heavy (non-hydrogen) atoms. The summed E-state index contributed by atoms with van der Waals surface area (Å²) in [4.78, 5) is 146. The number of carbonyl (C=O) groups is 9. The molecule has 0 radical (unpaired) electrons. The molecule has 0 unspecified atom stereocenters. The number of nitrogens with two attached hydrogens (primary N) is 3. The molecular formula is C58H84N16O11. The summed E-state index contributed by atoms with van der Waals surface area (Å²) >= 11 is 0. The highest BCUT2D eigenvalue weighted by Gasteiger charge is 2.41. The zero-order chi connectivity index (χ0) is 62.3. The third-order valence-electron chi connectivity index (χ3n) is 14.6. The summed E-state index contributed by atoms with van der Waals surface area (Å²) in [6, 6.07) is 3.56. The first-order chi connectivity index (χ1) is 40.4. The molecule has 10 atom stereocenters. The summed E-state index contributed by atoms with van der Waals surface area (Å²) < 4.78 is 0. The van der Waals surface area contributed by atoms with Crippen molar-refractivity contribution in [2.24, 2.45) is 39.9 Å². The lowest BCUT2D eigenvalue weighted by atomic mass is 9.96. The van der Waals surface area contributed by atoms with Crippen LogP contribution in [0.1, 0.15) is 103 Å². The molecule has 0 bridgehead atoms. The number of likely N-dealkylation sites (tertiary alicyclic amines) is 1. The van der Waals surface area contributed by atoms with Gasteiger partial charge in [0.1, 0.15) is 54.1 Å². The van der Waals surface area contributed by atoms with E-state index in [2.05, 4.69) is 62.1 Å². The maximum absolute atomic E-state index is 15.0. The van der Waals surface area contributed by atoms with E-state index in [9.17, 15) is 53.4 Å². The molecule has 0 aliphatic carbocycles. The summed E-state index contributed by atoms with van der Waals surface area (Å²) in [6.45, 7) is 10.9. The lowest BCUT2D eigenvalue weighted by molar-refractivity contribution is -0.143. The Morgan fingerprint density at radius 1 is 0.659 bits per heavy atom. The number of rotatable bonds is 33. The average molecular weight is 1180 g/mol. The van der Waals surface area contributed by atoms with E-state index in [1.165, 1.54) is 42.1 Å². The quantitative estimate of drug-likeness (QED) is 0.0166. The summed E-state index contributed by atoms with van der Waals surface area (Å²) in [7, 11) is 0. The number of aliphatic imine (C=N–C) groups is 1. The Morgan fingerprint density at radius 3 is 1.73 bits per heavy atom. The van der Waals surface area contributed by atoms with Gasteiger partial charge < -0.3 is 79.5 Å². The number of H-pyrrole nitrogens is 2. The Labute approximate surface area is 494 Å². The van der Waals surface area contributed by atoms with Crippen molar-refractivity contribution in [3.8, 4) is 5.75 Å². The minimum absolute atomic E-state index is 0.0415. The molecule has 17 N–H and O–H groups in total. The van der Waals surface area contributed by atoms with Crippen LogP contribution in [0.25, 0.3) is 0 Å². The number of hydrogen-bond donors (Lipinski definition) is 14. The van der Waals surface area contributed by atoms with Crippen LogP contribution in [-0.2, 0) is 68.8 Å². The number of carboxylic acid groups (broad SMARTS) is 1. The van der Waals surface area contributed by atoms with Crippen LogP contribution in [0.2, 0.25) is 0 Å². The highest BCUT2D eigenvalue weighted by atomic mass is 16.4. The highest BCUT2D eigenvalue weighted by molar-refractivity contribution is 5.98. The molecule has 1 saturated heterocycles. The maximum atomic E-state index is 15.0. The number of imidazole rings is 2. The van der Waals surface area contributed by atoms with Gasteiger partial charge in [0.2, 0.25) is 47.3 Å². The van der Waals surface area contributed by atoms with Gasteiger partial charge >= 0.3 is 5.97 Å². The van der Waals surface area contributed by atoms with Gasteiger partial charge in [-0.25, -0.2) is 14.8 Å². The summed E-state index contributed by atoms with van der Waals surface area (Å²) in [5.41, 5.74) is 19.1. The van der Waals surface area contributed by atoms with Crippen molar-refractivity contribution >= 4 is 59.2 Å². The Kier molecular flexibility index (Phi) is 25.8. The van der Waals surface area contributed by atoms with Crippen molar-refractivity contribution in [2.45, 2.75) is 160 Å². The number of aromatic amines is 2. The van der Waals surface area contributed by atoms with Gasteiger partial charge in [-0.05, 0) is 73.1 Å². The van der Waals surface area contributed by atoms with Crippen LogP contribution in [0.4, 0.5) is 0 Å². The summed E-state index contributed by atoms with van der Waals surface area (Å²) in [6.07, 6.45) is 6.94. The Morgan fingerprint density at radius 2 is 1.18 bits per heavy atom. The van der Waals surface area contributed by atoms with Gasteiger partial charge in [0.25, 0.3) is 0 Å². The summed E-state index contributed by atoms with van der Waals surface area (Å²) in [5.74, 6) is -8.30. The minimum Gasteiger partial charge on any atom is -0.508 e. The minimum atomic E-state index is -1.35. The smallest absolute Gasteiger partial charge is 0.326 e. The van der Waals surface area contributed by atoms with Gasteiger partial charge in [-0.3, -0.25) is 43.3 Å². The highest BCUT2D eigenvalue weighted by Crippen LogP contribution is 2.22. The number of amides is 8. The van der Waals surface area contributed by atoms with E-state index in [1.54, 1.807) is 70.2 Å². The standard InChI is InChI=1S/C58H84N16O11/c1-7-34(6)48(73-52(79)42(25-36-17-19-39(75)20-18-36)69-54(81)47(33(4)5)72-49(76)40(59)15-11-21-64-58(60)61)55(82)70-44(27-38-29-63-31-66-38)56(83)74-22-12-16-46(74)53(80)68-41(24-35-13-9-8-10-14-35)50(77)67-43(26-37-28-62-30-65-37)51(78)71-45(57(84)85)23-32(2)3/h8-10,13-14,17-20,28-34,40-48,75H,7,11-12,15-16,21-27,59H2,1-6H3,(H,62,65)(H,63,66)(H,67,77)(H,68,80)(H,69,81)(H,70,82)(H,71,78)(H,72,76)(H,73,79)(H,84,85)(H4,60,61,64)/t34-,40-,41-,42-,43-,44-,45-,46+,47-,48-/m0/s1. The molecular weight excluding hydrogens is 1100 g/mol. The SMILES string of the molecule is CC[C@H](C)[C@H](NC(=O)[C@H](Cc1ccc(O)cc1)NC(=O)[C@@H](NC(=O)[C@@H](N)CCCN=C(N)N)C(C)C)C(=O)N[C@@H](Cc1cnc[nH]1)C(=O)N1CCC[C@@H]1C(=O)N[C@@H](Cc1ccccc1)C(=O)N[C@@H](Cc1cnc[nH]1)C(=O)N[C@@H](CC(C)C)C(=O)O. The fourth-order valence-electron chi connectivity index (χ4n) is 9.71. The number of phenolic OH excluding ortho intramolecular Hbond substituents is 1. The Bertz CT molecular complexity index is 2870. The molecule has 1 fully saturated rings. The topological polar surface area (TPSA) is 429 Å². The number of benzene rings is 2. The fourth-order valence-corrected chi connectivity index (χ4v) is 9.71. The molecule has 1 aliphatic heterocycles. The Balaban J connectivity index is 1.38. The van der Waals surface area contributed by atoms with E-state index in [0.717, 1.165) is 0 Å². The first-order valence-electron chi connectivity index (χ1n) is 28.7. The third kappa shape index (κ3) is 21.1. The van der Waals surface area contributed by atoms with Gasteiger partial charge in [0, 0.05) is 62.6 Å². The predicted octanol–water partition coefficient (Wildman–Crippen LogP) is -0.293. The number of carbonyl (C=O) groups excluding carboxylic acids is 8. The molecule has 2 aromatic heterocycles. The monoisotopic (exact) mass is 1180 g/mol. The third-order valence-corrected chi connectivity index (χ3v) is 14.6. The number of hydrogen-bond acceptors (Lipinski definition) is 14. The number of guanidine groups is 1. The van der Waals surface area contributed by atoms with Crippen LogP contribution >= 0.6 is 0 Å². The second-order valence-corrected chi connectivity index (χ2v) is 22.2. The van der Waals surface area contributed by atoms with E-state index >= 15 is 0 Å². The van der Waals surface area contributed by atoms with Crippen LogP contribution in [0.15, 0.2) is 84.6 Å². The Hall–Kier alpha value is -8.88. The fraction of sp³-hybridized carbons (Fsp3) is 0.517. The molecule has 1 aliphatic rings. The second-order valence-electron chi connectivity index (χ2n) is 22.2. The zero-order valence-corrected chi connectivity index (χ0v) is 49.0. The van der Waals surface area contributed by atoms with E-state index in [4.69, 9.17) is 17.2 Å². The molecule has 2 aromatic carbocycles. The van der Waals surface area contributed by atoms with Crippen molar-refractivity contribution < 1.29 is 53.4 Å². The lowest BCUT2D eigenvalue weighted by Crippen LogP contribution is -2.62. The molecule has 0 spiro atoms. The van der Waals surface area contributed by atoms with Crippen LogP contribution < -0.4 is 54.4 Å². The number of aliphatic carboxylic acids is 1. The lowest BCUT2D eigenvalue weighted by Gasteiger charge is -2.32. The molecule has 462 valence electrons. The zero-order valence-electron chi connectivity index (χ0n) is 49.0. The van der Waals surface area contributed by atoms with Crippen LogP contribution in [-0.4, -0.2) is 162 Å². The first kappa shape index (κ1) is 66.9. The van der Waals surface area contributed by atoms with Crippen molar-refractivity contribution in [3.63, 3.8) is 0 Å². The van der Waals surface area contributed by atoms with E-state index in [1.807, 2.05) is 13.8 Å². The van der Waals surface area contributed by atoms with Gasteiger partial charge in [-0.2, -0.15) is 0 Å². The summed E-state index contributed by atoms with van der Waals surface area (Å²) in [5, 5.41) is 39.2. The number of aromatic hydroxyl groups is 1. The maximum Gasteiger partial charge on any atom is 0.326 e. The van der Waals surface area contributed by atoms with Gasteiger partial charge in [0.15, 0.2) is 5.96 Å². The molecule has 27 heteroatoms. The molecule has 5 rings (SSSR count). The number of aromatic nitrogens is 4. The molecule has 4 aromatic rings. The van der Waals surface area contributed by atoms with Crippen molar-refractivity contribution in [3.05, 3.63) is 102 Å². The predicted molar refractivity (Wildman–Crippen MR) is 314 cm³/mol. The molecule has 8 amide bonds. The van der Waals surface area contributed by atoms with Gasteiger partial charge in [0.05, 0.1) is 18.7 Å². The second kappa shape index (κ2) is 32.8. The van der Waals surface area contributed by atoms with Crippen LogP contribution in [0.3, 0.4) is 0 Å². The van der Waals surface area contributed by atoms with Crippen molar-refractivity contribution in [2.75, 3.05) is 13.1 Å². The number of nitrogens with zero attached hydrogens (tertiary/aromatic N) is 4.